The molecule has 0 spiro atoms. The standard InChI is InChI=1S/C22H16ClN9O2/c23-16-10-14(11-25-20(16)32-26-7-8-27-32)29-22(34)15-12-28-31(19(15)13-3-4-13)17-2-1-9-30-18(33)5-6-24-21(17)30/h1-2,5-13H,3-4H2,(H,29,34). The highest BCUT2D eigenvalue weighted by Gasteiger charge is 2.33. The van der Waals surface area contributed by atoms with Crippen LogP contribution in [0.3, 0.4) is 0 Å². The zero-order valence-corrected chi connectivity index (χ0v) is 18.3. The predicted molar refractivity (Wildman–Crippen MR) is 123 cm³/mol. The number of hydrogen-bond donors (Lipinski definition) is 1. The fourth-order valence-electron chi connectivity index (χ4n) is 3.86. The van der Waals surface area contributed by atoms with E-state index in [1.54, 1.807) is 23.0 Å². The summed E-state index contributed by atoms with van der Waals surface area (Å²) in [6, 6.07) is 6.57. The van der Waals surface area contributed by atoms with E-state index in [9.17, 15) is 9.59 Å². The minimum absolute atomic E-state index is 0.189. The van der Waals surface area contributed by atoms with Crippen LogP contribution in [-0.2, 0) is 0 Å². The van der Waals surface area contributed by atoms with Gasteiger partial charge in [-0.05, 0) is 31.0 Å². The van der Waals surface area contributed by atoms with E-state index in [1.807, 2.05) is 6.07 Å². The van der Waals surface area contributed by atoms with E-state index >= 15 is 0 Å². The van der Waals surface area contributed by atoms with Crippen LogP contribution in [-0.4, -0.2) is 45.1 Å². The van der Waals surface area contributed by atoms with Gasteiger partial charge in [-0.1, -0.05) is 11.6 Å². The number of pyridine rings is 2. The first-order valence-corrected chi connectivity index (χ1v) is 10.9. The SMILES string of the molecule is O=C(Nc1cnc(-n2nccn2)c(Cl)c1)c1cnn(-c2cccn3c(=O)ccnc23)c1C1CC1. The Morgan fingerprint density at radius 1 is 1.06 bits per heavy atom. The van der Waals surface area contributed by atoms with Gasteiger partial charge in [-0.3, -0.25) is 14.0 Å². The number of carbonyl (C=O) groups excluding carboxylic acids is 1. The molecule has 1 aliphatic carbocycles. The highest BCUT2D eigenvalue weighted by Crippen LogP contribution is 2.42. The third-order valence-corrected chi connectivity index (χ3v) is 5.81. The van der Waals surface area contributed by atoms with Crippen LogP contribution in [0.5, 0.6) is 0 Å². The highest BCUT2D eigenvalue weighted by atomic mass is 35.5. The molecule has 5 aromatic heterocycles. The van der Waals surface area contributed by atoms with Crippen LogP contribution in [0.25, 0.3) is 17.2 Å². The molecule has 0 unspecified atom stereocenters. The minimum atomic E-state index is -0.332. The van der Waals surface area contributed by atoms with Crippen molar-refractivity contribution >= 4 is 28.8 Å². The molecule has 0 aromatic carbocycles. The third-order valence-electron chi connectivity index (χ3n) is 5.53. The quantitative estimate of drug-likeness (QED) is 0.416. The van der Waals surface area contributed by atoms with E-state index in [0.717, 1.165) is 18.5 Å². The largest absolute Gasteiger partial charge is 0.320 e. The topological polar surface area (TPSA) is 125 Å². The van der Waals surface area contributed by atoms with E-state index in [0.29, 0.717) is 33.4 Å². The summed E-state index contributed by atoms with van der Waals surface area (Å²) in [5.74, 6) is 0.213. The number of hydrogen-bond acceptors (Lipinski definition) is 7. The minimum Gasteiger partial charge on any atom is -0.320 e. The van der Waals surface area contributed by atoms with Gasteiger partial charge in [-0.15, -0.1) is 4.80 Å². The molecule has 11 nitrogen and oxygen atoms in total. The first-order valence-electron chi connectivity index (χ1n) is 10.5. The molecular weight excluding hydrogens is 458 g/mol. The van der Waals surface area contributed by atoms with Crippen LogP contribution < -0.4 is 10.9 Å². The molecule has 34 heavy (non-hydrogen) atoms. The molecule has 1 amide bonds. The predicted octanol–water partition coefficient (Wildman–Crippen LogP) is 2.64. The number of carbonyl (C=O) groups is 1. The fraction of sp³-hybridized carbons (Fsp3) is 0.136. The van der Waals surface area contributed by atoms with Gasteiger partial charge in [0, 0.05) is 24.4 Å². The molecule has 1 fully saturated rings. The molecule has 12 heteroatoms. The van der Waals surface area contributed by atoms with Crippen LogP contribution in [0.4, 0.5) is 5.69 Å². The van der Waals surface area contributed by atoms with Crippen molar-refractivity contribution in [1.82, 2.24) is 39.1 Å². The van der Waals surface area contributed by atoms with Crippen LogP contribution >= 0.6 is 11.6 Å². The first-order chi connectivity index (χ1) is 16.6. The molecular formula is C22H16ClN9O2. The zero-order chi connectivity index (χ0) is 23.2. The zero-order valence-electron chi connectivity index (χ0n) is 17.5. The maximum absolute atomic E-state index is 13.2. The summed E-state index contributed by atoms with van der Waals surface area (Å²) in [5.41, 5.74) is 2.55. The Hall–Kier alpha value is -4.38. The second kappa shape index (κ2) is 7.89. The normalized spacial score (nSPS) is 13.3. The molecule has 0 saturated heterocycles. The highest BCUT2D eigenvalue weighted by molar-refractivity contribution is 6.32. The lowest BCUT2D eigenvalue weighted by atomic mass is 10.1. The summed E-state index contributed by atoms with van der Waals surface area (Å²) in [4.78, 5) is 35.4. The maximum Gasteiger partial charge on any atom is 0.259 e. The number of halogens is 1. The number of nitrogens with one attached hydrogen (secondary N) is 1. The average molecular weight is 474 g/mol. The molecule has 1 N–H and O–H groups in total. The Morgan fingerprint density at radius 3 is 2.65 bits per heavy atom. The Kier molecular flexibility index (Phi) is 4.69. The summed E-state index contributed by atoms with van der Waals surface area (Å²) in [6.07, 6.45) is 11.1. The lowest BCUT2D eigenvalue weighted by Gasteiger charge is -2.12. The van der Waals surface area contributed by atoms with Crippen molar-refractivity contribution in [3.8, 4) is 11.5 Å². The molecule has 0 bridgehead atoms. The van der Waals surface area contributed by atoms with Crippen molar-refractivity contribution in [1.29, 1.82) is 0 Å². The van der Waals surface area contributed by atoms with Crippen molar-refractivity contribution in [2.75, 3.05) is 5.32 Å². The molecule has 168 valence electrons. The van der Waals surface area contributed by atoms with Gasteiger partial charge in [0.1, 0.15) is 5.69 Å². The molecule has 6 rings (SSSR count). The van der Waals surface area contributed by atoms with Crippen molar-refractivity contribution < 1.29 is 4.79 Å². The third kappa shape index (κ3) is 3.42. The van der Waals surface area contributed by atoms with Crippen LogP contribution in [0.2, 0.25) is 5.02 Å². The second-order valence-electron chi connectivity index (χ2n) is 7.80. The number of aromatic nitrogens is 8. The number of anilines is 1. The lowest BCUT2D eigenvalue weighted by molar-refractivity contribution is 0.102. The van der Waals surface area contributed by atoms with Gasteiger partial charge in [0.25, 0.3) is 11.5 Å². The van der Waals surface area contributed by atoms with Crippen molar-refractivity contribution in [2.24, 2.45) is 0 Å². The molecule has 0 radical (unpaired) electrons. The van der Waals surface area contributed by atoms with E-state index < -0.39 is 0 Å². The smallest absolute Gasteiger partial charge is 0.259 e. The van der Waals surface area contributed by atoms with Gasteiger partial charge in [-0.2, -0.15) is 15.3 Å². The molecule has 0 aliphatic heterocycles. The monoisotopic (exact) mass is 473 g/mol. The number of amides is 1. The van der Waals surface area contributed by atoms with Gasteiger partial charge in [0.15, 0.2) is 11.5 Å². The molecule has 1 aliphatic rings. The summed E-state index contributed by atoms with van der Waals surface area (Å²) < 4.78 is 3.16. The maximum atomic E-state index is 13.2. The number of rotatable bonds is 5. The fourth-order valence-corrected chi connectivity index (χ4v) is 4.10. The van der Waals surface area contributed by atoms with Crippen molar-refractivity contribution in [3.63, 3.8) is 0 Å². The summed E-state index contributed by atoms with van der Waals surface area (Å²) in [5, 5.41) is 15.7. The van der Waals surface area contributed by atoms with Crippen molar-refractivity contribution in [3.05, 3.63) is 88.1 Å². The Labute approximate surface area is 196 Å². The number of nitrogens with zero attached hydrogens (tertiary/aromatic N) is 8. The second-order valence-corrected chi connectivity index (χ2v) is 8.21. The molecule has 5 aromatic rings. The van der Waals surface area contributed by atoms with E-state index in [1.165, 1.54) is 46.2 Å². The number of fused-ring (bicyclic) bond motifs is 1. The van der Waals surface area contributed by atoms with E-state index in [-0.39, 0.29) is 17.4 Å². The van der Waals surface area contributed by atoms with Gasteiger partial charge in [0.05, 0.1) is 46.8 Å². The van der Waals surface area contributed by atoms with E-state index in [2.05, 4.69) is 30.6 Å². The lowest BCUT2D eigenvalue weighted by Crippen LogP contribution is -2.17. The molecule has 5 heterocycles. The van der Waals surface area contributed by atoms with E-state index in [4.69, 9.17) is 11.6 Å². The van der Waals surface area contributed by atoms with Gasteiger partial charge in [0.2, 0.25) is 0 Å². The van der Waals surface area contributed by atoms with Gasteiger partial charge < -0.3 is 5.32 Å². The van der Waals surface area contributed by atoms with Gasteiger partial charge >= 0.3 is 0 Å². The Bertz CT molecular complexity index is 1600. The Morgan fingerprint density at radius 2 is 1.88 bits per heavy atom. The summed E-state index contributed by atoms with van der Waals surface area (Å²) >= 11 is 6.33. The Balaban J connectivity index is 1.36. The molecule has 1 saturated carbocycles. The summed E-state index contributed by atoms with van der Waals surface area (Å²) in [7, 11) is 0. The first kappa shape index (κ1) is 20.2. The van der Waals surface area contributed by atoms with Crippen LogP contribution in [0.1, 0.15) is 34.8 Å². The van der Waals surface area contributed by atoms with Crippen LogP contribution in [0.15, 0.2) is 66.2 Å². The summed E-state index contributed by atoms with van der Waals surface area (Å²) in [6.45, 7) is 0. The van der Waals surface area contributed by atoms with Crippen molar-refractivity contribution in [2.45, 2.75) is 18.8 Å². The molecule has 0 atom stereocenters. The average Bonchev–Trinajstić information content (AvgIpc) is 3.34. The van der Waals surface area contributed by atoms with Crippen LogP contribution in [0, 0.1) is 0 Å². The van der Waals surface area contributed by atoms with Gasteiger partial charge in [-0.25, -0.2) is 14.6 Å².